The fourth-order valence-electron chi connectivity index (χ4n) is 3.44. The monoisotopic (exact) mass is 469 g/mol. The lowest BCUT2D eigenvalue weighted by Crippen LogP contribution is -2.53. The van der Waals surface area contributed by atoms with Gasteiger partial charge in [-0.05, 0) is 45.0 Å². The van der Waals surface area contributed by atoms with Gasteiger partial charge >= 0.3 is 5.97 Å². The third-order valence-corrected chi connectivity index (χ3v) is 4.90. The van der Waals surface area contributed by atoms with Crippen LogP contribution in [0.25, 0.3) is 0 Å². The predicted octanol–water partition coefficient (Wildman–Crippen LogP) is 2.12. The maximum Gasteiger partial charge on any atom is 0.374 e. The SMILES string of the molecule is CC(=O)C(Oc1ccccc1)C(=O)ON1CCN(C2CCNCC2)CC1.Cl.Cl.Cl. The van der Waals surface area contributed by atoms with Crippen LogP contribution < -0.4 is 10.1 Å². The number of piperidine rings is 1. The summed E-state index contributed by atoms with van der Waals surface area (Å²) in [4.78, 5) is 32.1. The highest BCUT2D eigenvalue weighted by molar-refractivity contribution is 6.01. The highest BCUT2D eigenvalue weighted by Gasteiger charge is 2.32. The van der Waals surface area contributed by atoms with E-state index >= 15 is 0 Å². The zero-order valence-electron chi connectivity index (χ0n) is 16.5. The number of ether oxygens (including phenoxy) is 1. The Bertz CT molecular complexity index is 610. The van der Waals surface area contributed by atoms with E-state index in [2.05, 4.69) is 10.2 Å². The number of hydrogen-bond donors (Lipinski definition) is 1. The van der Waals surface area contributed by atoms with Crippen molar-refractivity contribution in [1.29, 1.82) is 0 Å². The summed E-state index contributed by atoms with van der Waals surface area (Å²) < 4.78 is 5.53. The summed E-state index contributed by atoms with van der Waals surface area (Å²) in [5.74, 6) is -0.552. The Morgan fingerprint density at radius 3 is 2.14 bits per heavy atom. The first-order valence-corrected chi connectivity index (χ1v) is 9.27. The Labute approximate surface area is 190 Å². The summed E-state index contributed by atoms with van der Waals surface area (Å²) in [5, 5.41) is 5.02. The molecule has 0 saturated carbocycles. The number of piperazine rings is 1. The molecule has 0 bridgehead atoms. The van der Waals surface area contributed by atoms with Crippen LogP contribution in [0.4, 0.5) is 0 Å². The number of halogens is 3. The second-order valence-corrected chi connectivity index (χ2v) is 6.78. The Kier molecular flexibility index (Phi) is 13.5. The molecule has 2 fully saturated rings. The number of carbonyl (C=O) groups is 2. The smallest absolute Gasteiger partial charge is 0.374 e. The van der Waals surface area contributed by atoms with E-state index in [4.69, 9.17) is 9.57 Å². The fourth-order valence-corrected chi connectivity index (χ4v) is 3.44. The van der Waals surface area contributed by atoms with Gasteiger partial charge in [-0.2, -0.15) is 0 Å². The van der Waals surface area contributed by atoms with E-state index in [1.807, 2.05) is 6.07 Å². The van der Waals surface area contributed by atoms with Crippen molar-refractivity contribution in [3.05, 3.63) is 30.3 Å². The number of rotatable bonds is 6. The van der Waals surface area contributed by atoms with Gasteiger partial charge in [0.15, 0.2) is 5.78 Å². The normalized spacial score (nSPS) is 18.9. The number of carbonyl (C=O) groups excluding carboxylic acids is 2. The number of hydroxylamine groups is 2. The Balaban J connectivity index is 0.00000261. The molecule has 1 N–H and O–H groups in total. The van der Waals surface area contributed by atoms with E-state index in [9.17, 15) is 9.59 Å². The van der Waals surface area contributed by atoms with Gasteiger partial charge in [-0.25, -0.2) is 4.79 Å². The molecule has 1 aromatic rings. The molecule has 0 spiro atoms. The van der Waals surface area contributed by atoms with Crippen molar-refractivity contribution < 1.29 is 19.2 Å². The van der Waals surface area contributed by atoms with Gasteiger partial charge in [0.1, 0.15) is 5.75 Å². The van der Waals surface area contributed by atoms with Crippen molar-refractivity contribution in [2.24, 2.45) is 0 Å². The van der Waals surface area contributed by atoms with Gasteiger partial charge in [0, 0.05) is 32.2 Å². The van der Waals surface area contributed by atoms with Crippen LogP contribution >= 0.6 is 37.2 Å². The zero-order chi connectivity index (χ0) is 18.4. The van der Waals surface area contributed by atoms with Gasteiger partial charge in [-0.15, -0.1) is 42.3 Å². The molecule has 3 rings (SSSR count). The molecule has 1 aromatic carbocycles. The number of ketones is 1. The summed E-state index contributed by atoms with van der Waals surface area (Å²) in [6, 6.07) is 9.45. The van der Waals surface area contributed by atoms with Gasteiger partial charge in [0.25, 0.3) is 6.10 Å². The van der Waals surface area contributed by atoms with Crippen LogP contribution in [-0.2, 0) is 14.4 Å². The maximum atomic E-state index is 12.4. The second-order valence-electron chi connectivity index (χ2n) is 6.78. The molecule has 0 aliphatic carbocycles. The topological polar surface area (TPSA) is 71.1 Å². The summed E-state index contributed by atoms with van der Waals surface area (Å²) in [5.41, 5.74) is 0. The van der Waals surface area contributed by atoms with Gasteiger partial charge in [-0.3, -0.25) is 9.69 Å². The van der Waals surface area contributed by atoms with E-state index in [1.165, 1.54) is 6.92 Å². The van der Waals surface area contributed by atoms with Crippen LogP contribution in [0.15, 0.2) is 30.3 Å². The van der Waals surface area contributed by atoms with Crippen LogP contribution in [0.3, 0.4) is 0 Å². The molecule has 1 unspecified atom stereocenters. The van der Waals surface area contributed by atoms with Gasteiger partial charge in [-0.1, -0.05) is 18.2 Å². The number of nitrogens with zero attached hydrogens (tertiary/aromatic N) is 2. The number of hydrogen-bond acceptors (Lipinski definition) is 7. The molecule has 2 heterocycles. The lowest BCUT2D eigenvalue weighted by atomic mass is 10.0. The summed E-state index contributed by atoms with van der Waals surface area (Å²) >= 11 is 0. The lowest BCUT2D eigenvalue weighted by Gasteiger charge is -2.40. The van der Waals surface area contributed by atoms with Crippen LogP contribution in [0.1, 0.15) is 19.8 Å². The third-order valence-electron chi connectivity index (χ3n) is 4.90. The van der Waals surface area contributed by atoms with Crippen LogP contribution in [0, 0.1) is 0 Å². The lowest BCUT2D eigenvalue weighted by molar-refractivity contribution is -0.206. The minimum Gasteiger partial charge on any atom is -0.471 e. The van der Waals surface area contributed by atoms with Crippen molar-refractivity contribution >= 4 is 49.0 Å². The molecule has 166 valence electrons. The largest absolute Gasteiger partial charge is 0.471 e. The molecular weight excluding hydrogens is 441 g/mol. The number of Topliss-reactive ketones (excluding diaryl/α,β-unsaturated/α-hetero) is 1. The van der Waals surface area contributed by atoms with Crippen molar-refractivity contribution in [1.82, 2.24) is 15.3 Å². The van der Waals surface area contributed by atoms with Crippen LogP contribution in [0.2, 0.25) is 0 Å². The van der Waals surface area contributed by atoms with Crippen LogP contribution in [-0.4, -0.2) is 73.1 Å². The summed E-state index contributed by atoms with van der Waals surface area (Å²) in [6.07, 6.45) is 1.09. The summed E-state index contributed by atoms with van der Waals surface area (Å²) in [6.45, 7) is 6.49. The number of benzene rings is 1. The minimum absolute atomic E-state index is 0. The van der Waals surface area contributed by atoms with Crippen molar-refractivity contribution in [3.63, 3.8) is 0 Å². The Morgan fingerprint density at radius 1 is 1.00 bits per heavy atom. The van der Waals surface area contributed by atoms with Crippen molar-refractivity contribution in [2.45, 2.75) is 31.9 Å². The molecular formula is C19H30Cl3N3O4. The Morgan fingerprint density at radius 2 is 1.59 bits per heavy atom. The van der Waals surface area contributed by atoms with E-state index in [1.54, 1.807) is 29.3 Å². The molecule has 1 atom stereocenters. The van der Waals surface area contributed by atoms with E-state index in [0.717, 1.165) is 39.0 Å². The molecule has 0 radical (unpaired) electrons. The number of nitrogens with one attached hydrogen (secondary N) is 1. The standard InChI is InChI=1S/C19H27N3O4.3ClH/c1-15(23)18(25-17-5-3-2-4-6-17)19(24)26-22-13-11-21(12-14-22)16-7-9-20-10-8-16;;;/h2-6,16,18,20H,7-14H2,1H3;3*1H. The zero-order valence-corrected chi connectivity index (χ0v) is 18.9. The molecule has 2 aliphatic heterocycles. The maximum absolute atomic E-state index is 12.4. The van der Waals surface area contributed by atoms with Gasteiger partial charge in [0.05, 0.1) is 0 Å². The van der Waals surface area contributed by atoms with Crippen molar-refractivity contribution in [2.75, 3.05) is 39.3 Å². The fraction of sp³-hybridized carbons (Fsp3) is 0.579. The Hall–Kier alpha value is -1.09. The van der Waals surface area contributed by atoms with Crippen LogP contribution in [0.5, 0.6) is 5.75 Å². The predicted molar refractivity (Wildman–Crippen MR) is 118 cm³/mol. The first kappa shape index (κ1) is 27.9. The molecule has 2 aliphatic rings. The van der Waals surface area contributed by atoms with Gasteiger partial charge < -0.3 is 14.9 Å². The van der Waals surface area contributed by atoms with E-state index < -0.39 is 12.1 Å². The molecule has 0 aromatic heterocycles. The first-order valence-electron chi connectivity index (χ1n) is 9.27. The third kappa shape index (κ3) is 8.28. The van der Waals surface area contributed by atoms with E-state index in [0.29, 0.717) is 24.9 Å². The van der Waals surface area contributed by atoms with E-state index in [-0.39, 0.29) is 43.0 Å². The molecule has 10 heteroatoms. The average Bonchev–Trinajstić information content (AvgIpc) is 2.68. The molecule has 2 saturated heterocycles. The average molecular weight is 471 g/mol. The van der Waals surface area contributed by atoms with Crippen molar-refractivity contribution in [3.8, 4) is 5.75 Å². The molecule has 0 amide bonds. The van der Waals surface area contributed by atoms with Gasteiger partial charge in [0.2, 0.25) is 0 Å². The number of para-hydroxylation sites is 1. The quantitative estimate of drug-likeness (QED) is 0.639. The summed E-state index contributed by atoms with van der Waals surface area (Å²) in [7, 11) is 0. The highest BCUT2D eigenvalue weighted by Crippen LogP contribution is 2.16. The first-order chi connectivity index (χ1) is 12.6. The molecule has 7 nitrogen and oxygen atoms in total. The molecule has 29 heavy (non-hydrogen) atoms. The minimum atomic E-state index is -1.24. The highest BCUT2D eigenvalue weighted by atomic mass is 35.5. The second kappa shape index (κ2) is 14.0.